The number of nitrogens with zero attached hydrogens (tertiary/aromatic N) is 1. The van der Waals surface area contributed by atoms with Crippen molar-refractivity contribution < 1.29 is 28.9 Å². The Morgan fingerprint density at radius 3 is 2.53 bits per heavy atom. The predicted octanol–water partition coefficient (Wildman–Crippen LogP) is 4.30. The number of likely N-dealkylation sites (tertiary alicyclic amines) is 1. The van der Waals surface area contributed by atoms with Crippen molar-refractivity contribution in [3.05, 3.63) is 94.6 Å². The molecule has 1 saturated heterocycles. The maximum Gasteiger partial charge on any atom is 0.295 e. The number of ether oxygens (including phenoxy) is 3. The van der Waals surface area contributed by atoms with Crippen LogP contribution in [0.25, 0.3) is 5.76 Å². The molecule has 0 saturated carbocycles. The highest BCUT2D eigenvalue weighted by molar-refractivity contribution is 6.46. The summed E-state index contributed by atoms with van der Waals surface area (Å²) in [7, 11) is 3.17. The first-order valence-corrected chi connectivity index (χ1v) is 11.8. The lowest BCUT2D eigenvalue weighted by Gasteiger charge is -2.25. The molecule has 2 aliphatic rings. The summed E-state index contributed by atoms with van der Waals surface area (Å²) in [5.41, 5.74) is 3.21. The fourth-order valence-corrected chi connectivity index (χ4v) is 4.80. The monoisotopic (exact) mass is 485 g/mol. The maximum absolute atomic E-state index is 13.3. The number of carbonyl (C=O) groups excluding carboxylic acids is 2. The average molecular weight is 486 g/mol. The van der Waals surface area contributed by atoms with Gasteiger partial charge in [0.25, 0.3) is 11.7 Å². The zero-order valence-electron chi connectivity index (χ0n) is 20.2. The number of aliphatic hydroxyl groups excluding tert-OH is 1. The second-order valence-corrected chi connectivity index (χ2v) is 8.79. The van der Waals surface area contributed by atoms with Crippen LogP contribution in [0.5, 0.6) is 17.2 Å². The number of hydrogen-bond donors (Lipinski definition) is 1. The van der Waals surface area contributed by atoms with Crippen LogP contribution in [0, 0.1) is 0 Å². The first-order chi connectivity index (χ1) is 17.5. The molecule has 184 valence electrons. The number of carbonyl (C=O) groups is 2. The van der Waals surface area contributed by atoms with Crippen molar-refractivity contribution in [3.63, 3.8) is 0 Å². The molecule has 2 aliphatic heterocycles. The maximum atomic E-state index is 13.3. The minimum absolute atomic E-state index is 0.0712. The van der Waals surface area contributed by atoms with Gasteiger partial charge in [-0.1, -0.05) is 24.3 Å². The van der Waals surface area contributed by atoms with Crippen LogP contribution in [0.15, 0.2) is 72.3 Å². The van der Waals surface area contributed by atoms with Gasteiger partial charge < -0.3 is 24.2 Å². The topological polar surface area (TPSA) is 85.3 Å². The average Bonchev–Trinajstić information content (AvgIpc) is 3.49. The first-order valence-electron chi connectivity index (χ1n) is 11.8. The van der Waals surface area contributed by atoms with Crippen LogP contribution in [-0.2, 0) is 22.4 Å². The van der Waals surface area contributed by atoms with Gasteiger partial charge in [0.1, 0.15) is 23.0 Å². The Morgan fingerprint density at radius 1 is 1.00 bits per heavy atom. The number of amides is 1. The van der Waals surface area contributed by atoms with E-state index in [1.54, 1.807) is 38.5 Å². The van der Waals surface area contributed by atoms with Gasteiger partial charge in [-0.3, -0.25) is 9.59 Å². The smallest absolute Gasteiger partial charge is 0.295 e. The van der Waals surface area contributed by atoms with Gasteiger partial charge in [0.2, 0.25) is 0 Å². The Kier molecular flexibility index (Phi) is 6.38. The summed E-state index contributed by atoms with van der Waals surface area (Å²) in [6.45, 7) is 0.882. The zero-order chi connectivity index (χ0) is 25.2. The van der Waals surface area contributed by atoms with Gasteiger partial charge in [-0.15, -0.1) is 0 Å². The molecule has 7 nitrogen and oxygen atoms in total. The summed E-state index contributed by atoms with van der Waals surface area (Å²) < 4.78 is 16.2. The molecule has 1 fully saturated rings. The highest BCUT2D eigenvalue weighted by Gasteiger charge is 2.46. The van der Waals surface area contributed by atoms with Crippen molar-refractivity contribution >= 4 is 17.4 Å². The lowest BCUT2D eigenvalue weighted by molar-refractivity contribution is -0.139. The molecule has 1 unspecified atom stereocenters. The number of methoxy groups -OCH3 is 2. The van der Waals surface area contributed by atoms with E-state index in [4.69, 9.17) is 14.2 Å². The number of aliphatic hydroxyl groups is 1. The van der Waals surface area contributed by atoms with E-state index in [1.165, 1.54) is 4.90 Å². The number of fused-ring (bicyclic) bond motifs is 1. The predicted molar refractivity (Wildman–Crippen MR) is 134 cm³/mol. The summed E-state index contributed by atoms with van der Waals surface area (Å²) in [5, 5.41) is 11.4. The molecule has 7 heteroatoms. The van der Waals surface area contributed by atoms with E-state index in [2.05, 4.69) is 0 Å². The second-order valence-electron chi connectivity index (χ2n) is 8.79. The summed E-state index contributed by atoms with van der Waals surface area (Å²) >= 11 is 0. The van der Waals surface area contributed by atoms with E-state index in [1.807, 2.05) is 42.5 Å². The summed E-state index contributed by atoms with van der Waals surface area (Å²) in [4.78, 5) is 28.1. The number of rotatable bonds is 7. The number of hydrogen-bond acceptors (Lipinski definition) is 6. The van der Waals surface area contributed by atoms with Gasteiger partial charge in [-0.25, -0.2) is 0 Å². The van der Waals surface area contributed by atoms with Crippen molar-refractivity contribution in [3.8, 4) is 17.2 Å². The molecule has 3 aromatic carbocycles. The fraction of sp³-hybridized carbons (Fsp3) is 0.241. The third-order valence-corrected chi connectivity index (χ3v) is 6.71. The second kappa shape index (κ2) is 9.77. The first kappa shape index (κ1) is 23.5. The van der Waals surface area contributed by atoms with E-state index < -0.39 is 17.7 Å². The fourth-order valence-electron chi connectivity index (χ4n) is 4.80. The summed E-state index contributed by atoms with van der Waals surface area (Å²) in [6.07, 6.45) is 1.26. The molecular weight excluding hydrogens is 458 g/mol. The van der Waals surface area contributed by atoms with E-state index >= 15 is 0 Å². The molecule has 1 atom stereocenters. The molecular formula is C29H27NO6. The van der Waals surface area contributed by atoms with Crippen molar-refractivity contribution in [1.29, 1.82) is 0 Å². The quantitative estimate of drug-likeness (QED) is 0.305. The van der Waals surface area contributed by atoms with Crippen LogP contribution < -0.4 is 14.2 Å². The van der Waals surface area contributed by atoms with E-state index in [0.29, 0.717) is 36.4 Å². The highest BCUT2D eigenvalue weighted by atomic mass is 16.5. The summed E-state index contributed by atoms with van der Waals surface area (Å²) in [5.74, 6) is 0.589. The molecule has 0 bridgehead atoms. The van der Waals surface area contributed by atoms with Crippen LogP contribution in [0.1, 0.15) is 28.3 Å². The number of Topliss-reactive ketones (excluding diaryl/α,β-unsaturated/α-hetero) is 1. The van der Waals surface area contributed by atoms with Crippen LogP contribution in [-0.4, -0.2) is 49.1 Å². The van der Waals surface area contributed by atoms with Crippen LogP contribution in [0.3, 0.4) is 0 Å². The van der Waals surface area contributed by atoms with E-state index in [9.17, 15) is 14.7 Å². The normalized spacial score (nSPS) is 18.2. The van der Waals surface area contributed by atoms with Gasteiger partial charge in [0, 0.05) is 18.5 Å². The molecule has 0 aliphatic carbocycles. The zero-order valence-corrected chi connectivity index (χ0v) is 20.2. The Hall–Kier alpha value is -4.26. The molecule has 5 rings (SSSR count). The SMILES string of the molecule is COc1ccc(CCN2C(=O)C(=O)/C(=C(\O)c3ccc4c(c3)CCO4)C2c2cccc(OC)c2)cc1. The van der Waals surface area contributed by atoms with Gasteiger partial charge in [0.05, 0.1) is 32.4 Å². The molecule has 0 aromatic heterocycles. The Bertz CT molecular complexity index is 1340. The third-order valence-electron chi connectivity index (χ3n) is 6.71. The van der Waals surface area contributed by atoms with Crippen LogP contribution in [0.2, 0.25) is 0 Å². The van der Waals surface area contributed by atoms with Crippen LogP contribution in [0.4, 0.5) is 0 Å². The molecule has 1 amide bonds. The Balaban J connectivity index is 1.55. The van der Waals surface area contributed by atoms with Gasteiger partial charge in [-0.05, 0) is 65.6 Å². The van der Waals surface area contributed by atoms with Crippen LogP contribution >= 0.6 is 0 Å². The lowest BCUT2D eigenvalue weighted by atomic mass is 9.94. The Labute approximate surface area is 209 Å². The minimum Gasteiger partial charge on any atom is -0.507 e. The lowest BCUT2D eigenvalue weighted by Crippen LogP contribution is -2.31. The Morgan fingerprint density at radius 2 is 1.78 bits per heavy atom. The van der Waals surface area contributed by atoms with Gasteiger partial charge in [-0.2, -0.15) is 0 Å². The van der Waals surface area contributed by atoms with Crippen molar-refractivity contribution in [2.24, 2.45) is 0 Å². The van der Waals surface area contributed by atoms with Crippen molar-refractivity contribution in [1.82, 2.24) is 4.90 Å². The van der Waals surface area contributed by atoms with E-state index in [-0.39, 0.29) is 11.3 Å². The molecule has 0 spiro atoms. The van der Waals surface area contributed by atoms with Gasteiger partial charge in [0.15, 0.2) is 0 Å². The number of ketones is 1. The number of benzene rings is 3. The molecule has 1 N–H and O–H groups in total. The molecule has 3 aromatic rings. The molecule has 0 radical (unpaired) electrons. The molecule has 2 heterocycles. The van der Waals surface area contributed by atoms with Crippen molar-refractivity contribution in [2.45, 2.75) is 18.9 Å². The molecule has 36 heavy (non-hydrogen) atoms. The van der Waals surface area contributed by atoms with Crippen molar-refractivity contribution in [2.75, 3.05) is 27.4 Å². The highest BCUT2D eigenvalue weighted by Crippen LogP contribution is 2.41. The third kappa shape index (κ3) is 4.28. The largest absolute Gasteiger partial charge is 0.507 e. The minimum atomic E-state index is -0.747. The van der Waals surface area contributed by atoms with E-state index in [0.717, 1.165) is 29.0 Å². The van der Waals surface area contributed by atoms with Gasteiger partial charge >= 0.3 is 0 Å². The standard InChI is InChI=1S/C29H27NO6/c1-34-22-9-6-18(7-10-22)12-14-30-26(20-4-3-5-23(17-20)35-2)25(28(32)29(30)33)27(31)21-8-11-24-19(16-21)13-15-36-24/h3-11,16-17,26,31H,12-15H2,1-2H3/b27-25-. The summed E-state index contributed by atoms with van der Waals surface area (Å²) in [6, 6.07) is 19.4.